The van der Waals surface area contributed by atoms with Crippen molar-refractivity contribution in [2.24, 2.45) is 9.78 Å². The van der Waals surface area contributed by atoms with Gasteiger partial charge in [-0.25, -0.2) is 19.2 Å². The van der Waals surface area contributed by atoms with E-state index < -0.39 is 19.9 Å². The number of ether oxygens (including phenoxy) is 1. The Bertz CT molecular complexity index is 1760. The number of carbonyl (C=O) groups excluding carboxylic acids is 1. The summed E-state index contributed by atoms with van der Waals surface area (Å²) in [5.41, 5.74) is 2.85. The Kier molecular flexibility index (Phi) is 7.17. The highest BCUT2D eigenvalue weighted by Crippen LogP contribution is 2.53. The molecule has 1 aliphatic carbocycles. The number of nitrogens with zero attached hydrogens (tertiary/aromatic N) is 6. The van der Waals surface area contributed by atoms with Gasteiger partial charge in [-0.1, -0.05) is 51.1 Å². The lowest BCUT2D eigenvalue weighted by molar-refractivity contribution is -0.124. The van der Waals surface area contributed by atoms with E-state index in [4.69, 9.17) is 19.7 Å². The maximum absolute atomic E-state index is 14.2. The highest BCUT2D eigenvalue weighted by molar-refractivity contribution is 7.94. The highest BCUT2D eigenvalue weighted by atomic mass is 32.2. The molecule has 0 N–H and O–H groups in total. The van der Waals surface area contributed by atoms with Crippen LogP contribution in [0, 0.1) is 5.41 Å². The van der Waals surface area contributed by atoms with E-state index in [0.717, 1.165) is 22.4 Å². The van der Waals surface area contributed by atoms with E-state index >= 15 is 0 Å². The summed E-state index contributed by atoms with van der Waals surface area (Å²) in [6.45, 7) is 10.1. The van der Waals surface area contributed by atoms with E-state index in [1.165, 1.54) is 5.56 Å². The number of benzene rings is 1. The van der Waals surface area contributed by atoms with Gasteiger partial charge >= 0.3 is 0 Å². The van der Waals surface area contributed by atoms with E-state index in [2.05, 4.69) is 39.0 Å². The molecule has 2 aliphatic rings. The van der Waals surface area contributed by atoms with Gasteiger partial charge in [0.1, 0.15) is 11.5 Å². The molecule has 3 aromatic heterocycles. The Morgan fingerprint density at radius 3 is 2.60 bits per heavy atom. The lowest BCUT2D eigenvalue weighted by Crippen LogP contribution is -2.44. The zero-order valence-corrected chi connectivity index (χ0v) is 25.7. The number of pyridine rings is 1. The van der Waals surface area contributed by atoms with Crippen molar-refractivity contribution in [3.8, 4) is 11.4 Å². The van der Waals surface area contributed by atoms with Crippen molar-refractivity contribution < 1.29 is 13.7 Å². The number of aromatic nitrogens is 4. The molecule has 1 saturated heterocycles. The first-order valence-electron chi connectivity index (χ1n) is 14.5. The van der Waals surface area contributed by atoms with Crippen LogP contribution in [0.3, 0.4) is 0 Å². The van der Waals surface area contributed by atoms with Crippen LogP contribution in [0.4, 0.5) is 5.82 Å². The van der Waals surface area contributed by atoms with Gasteiger partial charge in [-0.15, -0.1) is 0 Å². The molecule has 2 unspecified atom stereocenters. The molecule has 9 nitrogen and oxygen atoms in total. The van der Waals surface area contributed by atoms with E-state index in [0.29, 0.717) is 50.7 Å². The van der Waals surface area contributed by atoms with Crippen LogP contribution in [0.5, 0.6) is 0 Å². The normalized spacial score (nSPS) is 19.8. The molecule has 2 fully saturated rings. The van der Waals surface area contributed by atoms with Crippen molar-refractivity contribution in [1.29, 1.82) is 0 Å². The third-order valence-electron chi connectivity index (χ3n) is 8.27. The molecule has 4 heterocycles. The van der Waals surface area contributed by atoms with Crippen LogP contribution in [0.25, 0.3) is 22.4 Å². The fraction of sp³-hybridized carbons (Fsp3) is 0.438. The second-order valence-corrected chi connectivity index (χ2v) is 15.1. The second-order valence-electron chi connectivity index (χ2n) is 12.5. The molecule has 2 atom stereocenters. The molecular formula is C32H38N6O3S. The Balaban J connectivity index is 1.49. The molecule has 1 saturated carbocycles. The van der Waals surface area contributed by atoms with Crippen molar-refractivity contribution in [3.63, 3.8) is 0 Å². The van der Waals surface area contributed by atoms with Crippen molar-refractivity contribution in [1.82, 2.24) is 19.5 Å². The number of carbonyl (C=O) groups is 1. The van der Waals surface area contributed by atoms with Gasteiger partial charge < -0.3 is 14.2 Å². The molecule has 4 aromatic rings. The first kappa shape index (κ1) is 28.5. The summed E-state index contributed by atoms with van der Waals surface area (Å²) in [5.74, 6) is 0.964. The zero-order valence-electron chi connectivity index (χ0n) is 24.9. The van der Waals surface area contributed by atoms with Gasteiger partial charge in [-0.2, -0.15) is 4.36 Å². The van der Waals surface area contributed by atoms with Crippen LogP contribution in [0.2, 0.25) is 0 Å². The molecule has 0 bridgehead atoms. The molecular weight excluding hydrogens is 548 g/mol. The third kappa shape index (κ3) is 5.22. The van der Waals surface area contributed by atoms with Gasteiger partial charge in [0.15, 0.2) is 5.82 Å². The summed E-state index contributed by atoms with van der Waals surface area (Å²) in [4.78, 5) is 30.0. The number of hydrogen-bond acceptors (Lipinski definition) is 7. The average Bonchev–Trinajstić information content (AvgIpc) is 3.70. The Morgan fingerprint density at radius 2 is 1.90 bits per heavy atom. The quantitative estimate of drug-likeness (QED) is 0.297. The van der Waals surface area contributed by atoms with Crippen LogP contribution in [-0.4, -0.2) is 61.7 Å². The summed E-state index contributed by atoms with van der Waals surface area (Å²) >= 11 is 0. The number of hydrogen-bond donors (Lipinski definition) is 0. The standard InChI is InChI=1S/C32H38N6O3S/c1-22-21-41-18-17-38(22)27-19-26(32(13-14-32)42(5,40)36-30(39)31(2,3)4)34-28(35-27)24-11-15-33-29-25(24)12-16-37(29)20-23-9-7-6-8-10-23/h6-12,15-16,19,22H,13-14,17-18,20-21H2,1-5H3. The van der Waals surface area contributed by atoms with Crippen LogP contribution in [-0.2, 0) is 30.6 Å². The van der Waals surface area contributed by atoms with Crippen LogP contribution >= 0.6 is 0 Å². The zero-order chi connectivity index (χ0) is 29.7. The summed E-state index contributed by atoms with van der Waals surface area (Å²) in [7, 11) is -2.94. The van der Waals surface area contributed by atoms with Gasteiger partial charge in [0.2, 0.25) is 0 Å². The van der Waals surface area contributed by atoms with Crippen molar-refractivity contribution in [2.45, 2.75) is 57.9 Å². The molecule has 220 valence electrons. The predicted molar refractivity (Wildman–Crippen MR) is 166 cm³/mol. The fourth-order valence-electron chi connectivity index (χ4n) is 5.52. The van der Waals surface area contributed by atoms with Gasteiger partial charge in [0.25, 0.3) is 5.91 Å². The predicted octanol–water partition coefficient (Wildman–Crippen LogP) is 5.43. The maximum atomic E-state index is 14.2. The highest BCUT2D eigenvalue weighted by Gasteiger charge is 2.54. The number of fused-ring (bicyclic) bond motifs is 1. The first-order valence-corrected chi connectivity index (χ1v) is 16.4. The second kappa shape index (κ2) is 10.6. The number of anilines is 1. The molecule has 10 heteroatoms. The maximum Gasteiger partial charge on any atom is 0.259 e. The fourth-order valence-corrected chi connectivity index (χ4v) is 7.64. The number of rotatable bonds is 6. The summed E-state index contributed by atoms with van der Waals surface area (Å²) < 4.78 is 25.6. The van der Waals surface area contributed by atoms with Gasteiger partial charge in [0, 0.05) is 54.2 Å². The number of morpholine rings is 1. The smallest absolute Gasteiger partial charge is 0.259 e. The molecule has 0 spiro atoms. The summed E-state index contributed by atoms with van der Waals surface area (Å²) in [6, 6.07) is 16.4. The topological polar surface area (TPSA) is 103 Å². The van der Waals surface area contributed by atoms with E-state index in [-0.39, 0.29) is 11.9 Å². The number of amides is 1. The molecule has 0 radical (unpaired) electrons. The first-order chi connectivity index (χ1) is 20.0. The van der Waals surface area contributed by atoms with Crippen LogP contribution in [0.1, 0.15) is 51.8 Å². The molecule has 1 aliphatic heterocycles. The summed E-state index contributed by atoms with van der Waals surface area (Å²) in [6.07, 6.45) is 6.74. The molecule has 42 heavy (non-hydrogen) atoms. The molecule has 1 amide bonds. The SMILES string of the molecule is CC1COCCN1c1cc(C2(S(C)(=O)=NC(=O)C(C)(C)C)CC2)nc(-c2ccnc3c2ccn3Cc2ccccc2)n1. The largest absolute Gasteiger partial charge is 0.377 e. The van der Waals surface area contributed by atoms with Gasteiger partial charge in [0.05, 0.1) is 39.4 Å². The minimum absolute atomic E-state index is 0.118. The monoisotopic (exact) mass is 586 g/mol. The van der Waals surface area contributed by atoms with Gasteiger partial charge in [-0.05, 0) is 37.5 Å². The lowest BCUT2D eigenvalue weighted by atomic mass is 9.96. The minimum Gasteiger partial charge on any atom is -0.377 e. The Hall–Kier alpha value is -3.63. The van der Waals surface area contributed by atoms with Crippen LogP contribution in [0.15, 0.2) is 65.3 Å². The molecule has 1 aromatic carbocycles. The molecule has 6 rings (SSSR count). The average molecular weight is 587 g/mol. The van der Waals surface area contributed by atoms with Crippen molar-refractivity contribution in [2.75, 3.05) is 30.9 Å². The minimum atomic E-state index is -2.94. The van der Waals surface area contributed by atoms with Crippen molar-refractivity contribution >= 4 is 32.5 Å². The Morgan fingerprint density at radius 1 is 1.14 bits per heavy atom. The van der Waals surface area contributed by atoms with Crippen molar-refractivity contribution in [3.05, 3.63) is 72.2 Å². The van der Waals surface area contributed by atoms with E-state index in [9.17, 15) is 9.00 Å². The van der Waals surface area contributed by atoms with E-state index in [1.54, 1.807) is 33.2 Å². The third-order valence-corrected chi connectivity index (χ3v) is 10.8. The van der Waals surface area contributed by atoms with E-state index in [1.807, 2.05) is 36.5 Å². The van der Waals surface area contributed by atoms with Gasteiger partial charge in [-0.3, -0.25) is 4.79 Å². The Labute approximate surface area is 247 Å². The summed E-state index contributed by atoms with van der Waals surface area (Å²) in [5, 5.41) is 0.946. The lowest BCUT2D eigenvalue weighted by Gasteiger charge is -2.35. The van der Waals surface area contributed by atoms with Crippen LogP contribution < -0.4 is 4.90 Å².